The van der Waals surface area contributed by atoms with Crippen LogP contribution in [0.5, 0.6) is 0 Å². The summed E-state index contributed by atoms with van der Waals surface area (Å²) in [7, 11) is 2.94. The normalized spacial score (nSPS) is 19.8. The molecule has 1 saturated heterocycles. The molecule has 0 aromatic heterocycles. The Labute approximate surface area is 88.7 Å². The predicted molar refractivity (Wildman–Crippen MR) is 64.5 cm³/mol. The van der Waals surface area contributed by atoms with E-state index in [1.807, 2.05) is 0 Å². The summed E-state index contributed by atoms with van der Waals surface area (Å²) in [5.41, 5.74) is 2.29. The molecule has 0 N–H and O–H groups in total. The van der Waals surface area contributed by atoms with Crippen LogP contribution in [0.25, 0.3) is 0 Å². The largest absolute Gasteiger partial charge is 0.299 e. The standard InChI is InChI=1S/C12H18NP/c14-12-6-8-13(9-7-12)10-11-4-2-1-3-5-11/h1-5,12H,6-10,14H2. The highest BCUT2D eigenvalue weighted by Crippen LogP contribution is 2.18. The highest BCUT2D eigenvalue weighted by atomic mass is 31.0. The van der Waals surface area contributed by atoms with Gasteiger partial charge in [0, 0.05) is 6.54 Å². The van der Waals surface area contributed by atoms with Gasteiger partial charge in [0.25, 0.3) is 0 Å². The van der Waals surface area contributed by atoms with E-state index in [9.17, 15) is 0 Å². The fourth-order valence-corrected chi connectivity index (χ4v) is 2.25. The second-order valence-electron chi connectivity index (χ2n) is 4.10. The van der Waals surface area contributed by atoms with Crippen molar-refractivity contribution >= 4 is 9.24 Å². The lowest BCUT2D eigenvalue weighted by molar-refractivity contribution is 0.224. The van der Waals surface area contributed by atoms with Crippen molar-refractivity contribution in [1.82, 2.24) is 4.90 Å². The maximum atomic E-state index is 2.94. The first kappa shape index (κ1) is 10.1. The Morgan fingerprint density at radius 3 is 2.43 bits per heavy atom. The van der Waals surface area contributed by atoms with E-state index in [4.69, 9.17) is 0 Å². The molecule has 14 heavy (non-hydrogen) atoms. The van der Waals surface area contributed by atoms with Crippen molar-refractivity contribution in [3.05, 3.63) is 35.9 Å². The van der Waals surface area contributed by atoms with Crippen molar-refractivity contribution in [2.45, 2.75) is 25.0 Å². The van der Waals surface area contributed by atoms with Crippen LogP contribution in [-0.4, -0.2) is 23.6 Å². The third-order valence-corrected chi connectivity index (χ3v) is 3.55. The molecule has 0 bridgehead atoms. The van der Waals surface area contributed by atoms with Gasteiger partial charge in [0.1, 0.15) is 0 Å². The first-order valence-electron chi connectivity index (χ1n) is 5.36. The van der Waals surface area contributed by atoms with Gasteiger partial charge >= 0.3 is 0 Å². The zero-order chi connectivity index (χ0) is 9.80. The third-order valence-electron chi connectivity index (χ3n) is 2.88. The molecule has 0 saturated carbocycles. The van der Waals surface area contributed by atoms with Gasteiger partial charge in [-0.2, -0.15) is 0 Å². The Balaban J connectivity index is 1.87. The lowest BCUT2D eigenvalue weighted by atomic mass is 10.1. The van der Waals surface area contributed by atoms with Gasteiger partial charge in [0.15, 0.2) is 0 Å². The molecule has 76 valence electrons. The summed E-state index contributed by atoms with van der Waals surface area (Å²) in [5.74, 6) is 0. The first-order chi connectivity index (χ1) is 6.84. The number of rotatable bonds is 2. The van der Waals surface area contributed by atoms with Crippen LogP contribution < -0.4 is 0 Å². The van der Waals surface area contributed by atoms with Gasteiger partial charge in [-0.15, -0.1) is 9.24 Å². The van der Waals surface area contributed by atoms with Crippen molar-refractivity contribution < 1.29 is 0 Å². The second kappa shape index (κ2) is 4.91. The van der Waals surface area contributed by atoms with E-state index >= 15 is 0 Å². The van der Waals surface area contributed by atoms with Gasteiger partial charge in [0.2, 0.25) is 0 Å². The van der Waals surface area contributed by atoms with Gasteiger partial charge in [0.05, 0.1) is 0 Å². The second-order valence-corrected chi connectivity index (χ2v) is 5.04. The molecule has 1 atom stereocenters. The number of nitrogens with zero attached hydrogens (tertiary/aromatic N) is 1. The van der Waals surface area contributed by atoms with E-state index < -0.39 is 0 Å². The molecular formula is C12H18NP. The summed E-state index contributed by atoms with van der Waals surface area (Å²) < 4.78 is 0. The highest BCUT2D eigenvalue weighted by molar-refractivity contribution is 7.17. The maximum absolute atomic E-state index is 2.94. The molecule has 2 rings (SSSR count). The average Bonchev–Trinajstić information content (AvgIpc) is 2.23. The molecule has 1 aliphatic heterocycles. The maximum Gasteiger partial charge on any atom is 0.0233 e. The Bertz CT molecular complexity index is 265. The fourth-order valence-electron chi connectivity index (χ4n) is 1.95. The molecular weight excluding hydrogens is 189 g/mol. The number of benzene rings is 1. The van der Waals surface area contributed by atoms with E-state index in [0.717, 1.165) is 12.2 Å². The van der Waals surface area contributed by atoms with Crippen molar-refractivity contribution in [3.8, 4) is 0 Å². The van der Waals surface area contributed by atoms with Crippen LogP contribution in [0, 0.1) is 0 Å². The number of hydrogen-bond acceptors (Lipinski definition) is 1. The van der Waals surface area contributed by atoms with Crippen LogP contribution in [0.15, 0.2) is 30.3 Å². The van der Waals surface area contributed by atoms with Gasteiger partial charge in [-0.05, 0) is 37.2 Å². The van der Waals surface area contributed by atoms with Gasteiger partial charge in [-0.3, -0.25) is 4.90 Å². The zero-order valence-corrected chi connectivity index (χ0v) is 9.68. The van der Waals surface area contributed by atoms with E-state index in [-0.39, 0.29) is 0 Å². The van der Waals surface area contributed by atoms with Crippen LogP contribution >= 0.6 is 9.24 Å². The highest BCUT2D eigenvalue weighted by Gasteiger charge is 2.15. The van der Waals surface area contributed by atoms with Crippen LogP contribution in [0.2, 0.25) is 0 Å². The summed E-state index contributed by atoms with van der Waals surface area (Å²) in [6.45, 7) is 3.63. The van der Waals surface area contributed by atoms with Gasteiger partial charge in [-0.25, -0.2) is 0 Å². The lowest BCUT2D eigenvalue weighted by Gasteiger charge is -2.30. The summed E-state index contributed by atoms with van der Waals surface area (Å²) in [4.78, 5) is 2.55. The minimum atomic E-state index is 0.849. The molecule has 1 unspecified atom stereocenters. The molecule has 1 aromatic carbocycles. The number of piperidine rings is 1. The molecule has 1 aliphatic rings. The summed E-state index contributed by atoms with van der Waals surface area (Å²) >= 11 is 0. The fraction of sp³-hybridized carbons (Fsp3) is 0.500. The van der Waals surface area contributed by atoms with Crippen molar-refractivity contribution in [1.29, 1.82) is 0 Å². The van der Waals surface area contributed by atoms with E-state index in [1.165, 1.54) is 31.5 Å². The molecule has 0 amide bonds. The Morgan fingerprint density at radius 2 is 1.79 bits per heavy atom. The predicted octanol–water partition coefficient (Wildman–Crippen LogP) is 2.53. The SMILES string of the molecule is PC1CCN(Cc2ccccc2)CC1. The molecule has 1 heterocycles. The lowest BCUT2D eigenvalue weighted by Crippen LogP contribution is -2.33. The van der Waals surface area contributed by atoms with Crippen LogP contribution in [0.1, 0.15) is 18.4 Å². The molecule has 0 spiro atoms. The van der Waals surface area contributed by atoms with Crippen LogP contribution in [-0.2, 0) is 6.54 Å². The molecule has 1 aromatic rings. The Kier molecular flexibility index (Phi) is 3.55. The zero-order valence-electron chi connectivity index (χ0n) is 8.52. The minimum Gasteiger partial charge on any atom is -0.299 e. The van der Waals surface area contributed by atoms with Crippen LogP contribution in [0.3, 0.4) is 0 Å². The minimum absolute atomic E-state index is 0.849. The molecule has 1 fully saturated rings. The average molecular weight is 207 g/mol. The summed E-state index contributed by atoms with van der Waals surface area (Å²) in [5, 5.41) is 0. The Hall–Kier alpha value is -0.390. The monoisotopic (exact) mass is 207 g/mol. The van der Waals surface area contributed by atoms with Gasteiger partial charge < -0.3 is 0 Å². The smallest absolute Gasteiger partial charge is 0.0233 e. The van der Waals surface area contributed by atoms with Crippen LogP contribution in [0.4, 0.5) is 0 Å². The topological polar surface area (TPSA) is 3.24 Å². The van der Waals surface area contributed by atoms with Crippen molar-refractivity contribution in [3.63, 3.8) is 0 Å². The molecule has 0 aliphatic carbocycles. The molecule has 2 heteroatoms. The molecule has 1 nitrogen and oxygen atoms in total. The number of likely N-dealkylation sites (tertiary alicyclic amines) is 1. The molecule has 0 radical (unpaired) electrons. The van der Waals surface area contributed by atoms with E-state index in [2.05, 4.69) is 44.5 Å². The third kappa shape index (κ3) is 2.80. The van der Waals surface area contributed by atoms with E-state index in [0.29, 0.717) is 0 Å². The number of hydrogen-bond donors (Lipinski definition) is 0. The van der Waals surface area contributed by atoms with Crippen molar-refractivity contribution in [2.75, 3.05) is 13.1 Å². The van der Waals surface area contributed by atoms with Gasteiger partial charge in [-0.1, -0.05) is 30.3 Å². The summed E-state index contributed by atoms with van der Waals surface area (Å²) in [6.07, 6.45) is 2.66. The quantitative estimate of drug-likeness (QED) is 0.673. The first-order valence-corrected chi connectivity index (χ1v) is 6.03. The van der Waals surface area contributed by atoms with E-state index in [1.54, 1.807) is 0 Å². The Morgan fingerprint density at radius 1 is 1.14 bits per heavy atom. The summed E-state index contributed by atoms with van der Waals surface area (Å²) in [6, 6.07) is 10.8. The van der Waals surface area contributed by atoms with Crippen molar-refractivity contribution in [2.24, 2.45) is 0 Å².